The summed E-state index contributed by atoms with van der Waals surface area (Å²) in [6.45, 7) is 3.99. The molecule has 1 aliphatic rings. The van der Waals surface area contributed by atoms with Crippen LogP contribution in [0.4, 0.5) is 0 Å². The van der Waals surface area contributed by atoms with E-state index in [1.54, 1.807) is 0 Å². The Morgan fingerprint density at radius 3 is 2.90 bits per heavy atom. The van der Waals surface area contributed by atoms with Gasteiger partial charge in [-0.15, -0.1) is 11.6 Å². The summed E-state index contributed by atoms with van der Waals surface area (Å²) in [5, 5.41) is 2.71. The summed E-state index contributed by atoms with van der Waals surface area (Å²) in [6, 6.07) is 4.17. The molecule has 5 nitrogen and oxygen atoms in total. The zero-order valence-electron chi connectivity index (χ0n) is 11.6. The van der Waals surface area contributed by atoms with Crippen molar-refractivity contribution in [1.29, 1.82) is 0 Å². The molecule has 0 aliphatic heterocycles. The summed E-state index contributed by atoms with van der Waals surface area (Å²) in [6.07, 6.45) is 2.15. The van der Waals surface area contributed by atoms with E-state index in [0.29, 0.717) is 11.9 Å². The molecule has 1 aliphatic carbocycles. The van der Waals surface area contributed by atoms with Gasteiger partial charge in [0.05, 0.1) is 5.38 Å². The molecular formula is C14H17ClN4O. The number of carbonyl (C=O) groups excluding carboxylic acids is 1. The summed E-state index contributed by atoms with van der Waals surface area (Å²) in [7, 11) is 0. The molecule has 2 aromatic heterocycles. The lowest BCUT2D eigenvalue weighted by Crippen LogP contribution is -2.30. The van der Waals surface area contributed by atoms with Gasteiger partial charge in [0.2, 0.25) is 5.91 Å². The van der Waals surface area contributed by atoms with Crippen molar-refractivity contribution in [3.63, 3.8) is 0 Å². The Morgan fingerprint density at radius 1 is 1.50 bits per heavy atom. The van der Waals surface area contributed by atoms with Crippen molar-refractivity contribution in [2.45, 2.75) is 44.7 Å². The number of nitrogens with one attached hydrogen (secondary N) is 1. The van der Waals surface area contributed by atoms with Crippen LogP contribution in [0.3, 0.4) is 0 Å². The smallest absolute Gasteiger partial charge is 0.240 e. The van der Waals surface area contributed by atoms with Gasteiger partial charge in [-0.1, -0.05) is 0 Å². The van der Waals surface area contributed by atoms with Crippen LogP contribution >= 0.6 is 11.6 Å². The van der Waals surface area contributed by atoms with Crippen molar-refractivity contribution >= 4 is 28.7 Å². The van der Waals surface area contributed by atoms with Gasteiger partial charge < -0.3 is 9.88 Å². The van der Waals surface area contributed by atoms with Crippen LogP contribution in [-0.4, -0.2) is 26.5 Å². The number of halogens is 1. The highest BCUT2D eigenvalue weighted by molar-refractivity contribution is 6.20. The van der Waals surface area contributed by atoms with Gasteiger partial charge in [0.1, 0.15) is 17.9 Å². The fourth-order valence-corrected chi connectivity index (χ4v) is 2.38. The molecule has 2 aromatic rings. The van der Waals surface area contributed by atoms with E-state index in [1.165, 1.54) is 0 Å². The number of alkyl halides is 1. The van der Waals surface area contributed by atoms with Crippen LogP contribution in [0.25, 0.3) is 11.2 Å². The molecule has 0 bridgehead atoms. The highest BCUT2D eigenvalue weighted by Gasteiger charge is 2.24. The number of nitrogens with zero attached hydrogens (tertiary/aromatic N) is 3. The first-order chi connectivity index (χ1) is 9.54. The molecule has 0 saturated heterocycles. The second kappa shape index (κ2) is 5.05. The van der Waals surface area contributed by atoms with Gasteiger partial charge in [-0.3, -0.25) is 4.79 Å². The predicted molar refractivity (Wildman–Crippen MR) is 77.7 cm³/mol. The fourth-order valence-electron chi connectivity index (χ4n) is 2.22. The Labute approximate surface area is 122 Å². The first-order valence-corrected chi connectivity index (χ1v) is 7.25. The van der Waals surface area contributed by atoms with Gasteiger partial charge in [0, 0.05) is 11.7 Å². The monoisotopic (exact) mass is 292 g/mol. The minimum Gasteiger partial charge on any atom is -0.352 e. The SMILES string of the molecule is Cc1ccc2nc(C(C)Cl)n(CC(=O)NC3CC3)c2n1. The number of imidazole rings is 1. The fraction of sp³-hybridized carbons (Fsp3) is 0.500. The second-order valence-electron chi connectivity index (χ2n) is 5.31. The molecule has 20 heavy (non-hydrogen) atoms. The van der Waals surface area contributed by atoms with Crippen molar-refractivity contribution in [3.05, 3.63) is 23.7 Å². The minimum atomic E-state index is -0.266. The number of aryl methyl sites for hydroxylation is 1. The van der Waals surface area contributed by atoms with E-state index in [1.807, 2.05) is 30.5 Å². The predicted octanol–water partition coefficient (Wildman–Crippen LogP) is 2.32. The molecule has 0 aromatic carbocycles. The Balaban J connectivity index is 1.98. The maximum atomic E-state index is 12.0. The first-order valence-electron chi connectivity index (χ1n) is 6.82. The van der Waals surface area contributed by atoms with E-state index < -0.39 is 0 Å². The molecule has 0 spiro atoms. The zero-order valence-corrected chi connectivity index (χ0v) is 12.3. The number of rotatable bonds is 4. The van der Waals surface area contributed by atoms with Gasteiger partial charge in [-0.05, 0) is 38.8 Å². The molecule has 2 heterocycles. The molecule has 1 unspecified atom stereocenters. The molecule has 1 N–H and O–H groups in total. The molecule has 1 atom stereocenters. The first kappa shape index (κ1) is 13.4. The van der Waals surface area contributed by atoms with E-state index in [9.17, 15) is 4.79 Å². The molecule has 6 heteroatoms. The Hall–Kier alpha value is -1.62. The quantitative estimate of drug-likeness (QED) is 0.880. The lowest BCUT2D eigenvalue weighted by atomic mass is 10.3. The van der Waals surface area contributed by atoms with Crippen molar-refractivity contribution < 1.29 is 4.79 Å². The maximum absolute atomic E-state index is 12.0. The average Bonchev–Trinajstić information content (AvgIpc) is 3.11. The summed E-state index contributed by atoms with van der Waals surface area (Å²) in [4.78, 5) is 21.0. The zero-order chi connectivity index (χ0) is 14.3. The van der Waals surface area contributed by atoms with E-state index in [2.05, 4.69) is 15.3 Å². The summed E-state index contributed by atoms with van der Waals surface area (Å²) in [5.41, 5.74) is 2.39. The van der Waals surface area contributed by atoms with Gasteiger partial charge in [0.25, 0.3) is 0 Å². The van der Waals surface area contributed by atoms with Gasteiger partial charge >= 0.3 is 0 Å². The summed E-state index contributed by atoms with van der Waals surface area (Å²) in [5.74, 6) is 0.680. The molecular weight excluding hydrogens is 276 g/mol. The molecule has 106 valence electrons. The third-order valence-corrected chi connectivity index (χ3v) is 3.56. The molecule has 1 fully saturated rings. The largest absolute Gasteiger partial charge is 0.352 e. The Kier molecular flexibility index (Phi) is 3.38. The molecule has 0 radical (unpaired) electrons. The normalized spacial score (nSPS) is 16.4. The van der Waals surface area contributed by atoms with E-state index in [4.69, 9.17) is 11.6 Å². The summed E-state index contributed by atoms with van der Waals surface area (Å²) >= 11 is 6.18. The Morgan fingerprint density at radius 2 is 2.25 bits per heavy atom. The highest BCUT2D eigenvalue weighted by Crippen LogP contribution is 2.24. The van der Waals surface area contributed by atoms with Crippen LogP contribution in [0.15, 0.2) is 12.1 Å². The molecule has 1 saturated carbocycles. The number of amides is 1. The van der Waals surface area contributed by atoms with Crippen LogP contribution in [0.5, 0.6) is 0 Å². The van der Waals surface area contributed by atoms with Crippen LogP contribution in [0, 0.1) is 6.92 Å². The van der Waals surface area contributed by atoms with Crippen molar-refractivity contribution in [3.8, 4) is 0 Å². The number of hydrogen-bond donors (Lipinski definition) is 1. The molecule has 1 amide bonds. The lowest BCUT2D eigenvalue weighted by Gasteiger charge is -2.10. The number of aromatic nitrogens is 3. The topological polar surface area (TPSA) is 59.8 Å². The minimum absolute atomic E-state index is 0.00586. The van der Waals surface area contributed by atoms with Crippen LogP contribution in [-0.2, 0) is 11.3 Å². The van der Waals surface area contributed by atoms with Crippen LogP contribution < -0.4 is 5.32 Å². The third kappa shape index (κ3) is 2.63. The average molecular weight is 293 g/mol. The van der Waals surface area contributed by atoms with Crippen LogP contribution in [0.2, 0.25) is 0 Å². The standard InChI is InChI=1S/C14H17ClN4O/c1-8-3-6-11-14(16-8)19(13(18-11)9(2)15)7-12(20)17-10-4-5-10/h3,6,9-10H,4-5,7H2,1-2H3,(H,17,20). The van der Waals surface area contributed by atoms with Crippen molar-refractivity contribution in [2.75, 3.05) is 0 Å². The van der Waals surface area contributed by atoms with Crippen LogP contribution in [0.1, 0.15) is 36.7 Å². The van der Waals surface area contributed by atoms with Gasteiger partial charge in [0.15, 0.2) is 5.65 Å². The third-order valence-electron chi connectivity index (χ3n) is 3.36. The molecule has 3 rings (SSSR count). The van der Waals surface area contributed by atoms with Gasteiger partial charge in [-0.25, -0.2) is 9.97 Å². The van der Waals surface area contributed by atoms with E-state index >= 15 is 0 Å². The lowest BCUT2D eigenvalue weighted by molar-refractivity contribution is -0.121. The van der Waals surface area contributed by atoms with Gasteiger partial charge in [-0.2, -0.15) is 0 Å². The Bertz CT molecular complexity index is 660. The number of fused-ring (bicyclic) bond motifs is 1. The maximum Gasteiger partial charge on any atom is 0.240 e. The number of carbonyl (C=O) groups is 1. The summed E-state index contributed by atoms with van der Waals surface area (Å²) < 4.78 is 1.82. The van der Waals surface area contributed by atoms with E-state index in [-0.39, 0.29) is 17.8 Å². The second-order valence-corrected chi connectivity index (χ2v) is 5.96. The number of hydrogen-bond acceptors (Lipinski definition) is 3. The van der Waals surface area contributed by atoms with Crippen molar-refractivity contribution in [1.82, 2.24) is 19.9 Å². The van der Waals surface area contributed by atoms with E-state index in [0.717, 1.165) is 29.7 Å². The van der Waals surface area contributed by atoms with Crippen molar-refractivity contribution in [2.24, 2.45) is 0 Å². The highest BCUT2D eigenvalue weighted by atomic mass is 35.5. The number of pyridine rings is 1.